The van der Waals surface area contributed by atoms with Crippen LogP contribution in [-0.2, 0) is 11.3 Å². The van der Waals surface area contributed by atoms with Gasteiger partial charge in [-0.3, -0.25) is 4.79 Å². The number of halogens is 1. The molecule has 5 nitrogen and oxygen atoms in total. The second kappa shape index (κ2) is 8.16. The molecular weight excluding hydrogens is 404 g/mol. The van der Waals surface area contributed by atoms with Crippen molar-refractivity contribution in [2.45, 2.75) is 19.4 Å². The average molecular weight is 421 g/mol. The van der Waals surface area contributed by atoms with E-state index in [2.05, 4.69) is 21.0 Å². The maximum atomic E-state index is 13.1. The van der Waals surface area contributed by atoms with Gasteiger partial charge in [-0.15, -0.1) is 0 Å². The second-order valence-corrected chi connectivity index (χ2v) is 7.33. The number of benzene rings is 2. The Morgan fingerprint density at radius 3 is 2.33 bits per heavy atom. The number of hydrazone groups is 1. The lowest BCUT2D eigenvalue weighted by Crippen LogP contribution is -2.34. The Bertz CT molecular complexity index is 927. The molecule has 6 heteroatoms. The number of amides is 1. The van der Waals surface area contributed by atoms with E-state index in [9.17, 15) is 15.3 Å². The van der Waals surface area contributed by atoms with Gasteiger partial charge in [-0.25, -0.2) is 5.01 Å². The SMILES string of the molecule is CC1=NN(Cc2ccccc2)C(=O)[C@H]1[C@H](c1ccc(Br)cc1)C(C#N)C#N. The highest BCUT2D eigenvalue weighted by Crippen LogP contribution is 2.37. The molecule has 0 saturated carbocycles. The minimum atomic E-state index is -0.943. The summed E-state index contributed by atoms with van der Waals surface area (Å²) in [6.45, 7) is 2.15. The van der Waals surface area contributed by atoms with Crippen molar-refractivity contribution in [2.75, 3.05) is 0 Å². The topological polar surface area (TPSA) is 80.2 Å². The zero-order valence-electron chi connectivity index (χ0n) is 14.7. The third-order valence-electron chi connectivity index (χ3n) is 4.68. The molecule has 1 amide bonds. The van der Waals surface area contributed by atoms with Gasteiger partial charge in [-0.1, -0.05) is 58.4 Å². The van der Waals surface area contributed by atoms with Crippen molar-refractivity contribution in [2.24, 2.45) is 16.9 Å². The van der Waals surface area contributed by atoms with E-state index in [0.717, 1.165) is 15.6 Å². The Morgan fingerprint density at radius 2 is 1.74 bits per heavy atom. The predicted molar refractivity (Wildman–Crippen MR) is 105 cm³/mol. The van der Waals surface area contributed by atoms with Crippen LogP contribution in [0.1, 0.15) is 24.0 Å². The fourth-order valence-corrected chi connectivity index (χ4v) is 3.64. The molecule has 2 aromatic rings. The summed E-state index contributed by atoms with van der Waals surface area (Å²) >= 11 is 3.39. The molecule has 1 heterocycles. The molecule has 2 aromatic carbocycles. The van der Waals surface area contributed by atoms with E-state index in [1.165, 1.54) is 5.01 Å². The zero-order valence-corrected chi connectivity index (χ0v) is 16.3. The summed E-state index contributed by atoms with van der Waals surface area (Å²) in [5, 5.41) is 24.9. The lowest BCUT2D eigenvalue weighted by atomic mass is 9.76. The van der Waals surface area contributed by atoms with Crippen molar-refractivity contribution >= 4 is 27.5 Å². The van der Waals surface area contributed by atoms with Crippen molar-refractivity contribution in [3.63, 3.8) is 0 Å². The summed E-state index contributed by atoms with van der Waals surface area (Å²) in [5.41, 5.74) is 2.38. The van der Waals surface area contributed by atoms with Crippen LogP contribution in [0.15, 0.2) is 64.2 Å². The van der Waals surface area contributed by atoms with Crippen LogP contribution in [0.25, 0.3) is 0 Å². The summed E-state index contributed by atoms with van der Waals surface area (Å²) in [5.74, 6) is -2.31. The molecule has 134 valence electrons. The summed E-state index contributed by atoms with van der Waals surface area (Å²) in [4.78, 5) is 13.1. The summed E-state index contributed by atoms with van der Waals surface area (Å²) in [6, 6.07) is 21.1. The molecule has 27 heavy (non-hydrogen) atoms. The third kappa shape index (κ3) is 3.92. The van der Waals surface area contributed by atoms with Gasteiger partial charge in [0.05, 0.1) is 24.6 Å². The molecule has 3 rings (SSSR count). The van der Waals surface area contributed by atoms with E-state index in [0.29, 0.717) is 12.3 Å². The second-order valence-electron chi connectivity index (χ2n) is 6.41. The molecule has 0 saturated heterocycles. The Balaban J connectivity index is 1.94. The van der Waals surface area contributed by atoms with Crippen LogP contribution in [0.5, 0.6) is 0 Å². The highest BCUT2D eigenvalue weighted by Gasteiger charge is 2.43. The first-order valence-corrected chi connectivity index (χ1v) is 9.29. The molecule has 1 aliphatic heterocycles. The number of hydrogen-bond donors (Lipinski definition) is 0. The van der Waals surface area contributed by atoms with Gasteiger partial charge in [0.2, 0.25) is 0 Å². The summed E-state index contributed by atoms with van der Waals surface area (Å²) in [7, 11) is 0. The maximum absolute atomic E-state index is 13.1. The number of carbonyl (C=O) groups excluding carboxylic acids is 1. The largest absolute Gasteiger partial charge is 0.272 e. The first-order chi connectivity index (χ1) is 13.0. The molecule has 0 bridgehead atoms. The van der Waals surface area contributed by atoms with Gasteiger partial charge in [-0.05, 0) is 30.2 Å². The molecule has 1 aliphatic rings. The van der Waals surface area contributed by atoms with Crippen LogP contribution in [0.4, 0.5) is 0 Å². The van der Waals surface area contributed by atoms with Gasteiger partial charge >= 0.3 is 0 Å². The standard InChI is InChI=1S/C21H17BrN4O/c1-14-19(21(27)26(25-14)13-15-5-3-2-4-6-15)20(17(11-23)12-24)16-7-9-18(22)10-8-16/h2-10,17,19-20H,13H2,1H3/t19-,20-/m1/s1. The maximum Gasteiger partial charge on any atom is 0.252 e. The monoisotopic (exact) mass is 420 g/mol. The van der Waals surface area contributed by atoms with Crippen molar-refractivity contribution in [3.05, 3.63) is 70.2 Å². The minimum absolute atomic E-state index is 0.181. The molecule has 0 aromatic heterocycles. The Morgan fingerprint density at radius 1 is 1.11 bits per heavy atom. The van der Waals surface area contributed by atoms with Crippen LogP contribution in [0.2, 0.25) is 0 Å². The smallest absolute Gasteiger partial charge is 0.252 e. The van der Waals surface area contributed by atoms with E-state index in [4.69, 9.17) is 0 Å². The lowest BCUT2D eigenvalue weighted by molar-refractivity contribution is -0.133. The summed E-state index contributed by atoms with van der Waals surface area (Å²) < 4.78 is 0.893. The van der Waals surface area contributed by atoms with Crippen molar-refractivity contribution in [1.29, 1.82) is 10.5 Å². The number of rotatable bonds is 5. The van der Waals surface area contributed by atoms with Crippen LogP contribution >= 0.6 is 15.9 Å². The third-order valence-corrected chi connectivity index (χ3v) is 5.20. The number of nitriles is 2. The number of nitrogens with zero attached hydrogens (tertiary/aromatic N) is 4. The zero-order chi connectivity index (χ0) is 19.4. The molecule has 0 spiro atoms. The average Bonchev–Trinajstić information content (AvgIpc) is 2.95. The Hall–Kier alpha value is -2.96. The first-order valence-electron chi connectivity index (χ1n) is 8.50. The molecule has 0 unspecified atom stereocenters. The lowest BCUT2D eigenvalue weighted by Gasteiger charge is -2.24. The predicted octanol–water partition coefficient (Wildman–Crippen LogP) is 4.23. The van der Waals surface area contributed by atoms with E-state index < -0.39 is 17.8 Å². The number of hydrogen-bond acceptors (Lipinski definition) is 4. The quantitative estimate of drug-likeness (QED) is 0.725. The summed E-state index contributed by atoms with van der Waals surface area (Å²) in [6.07, 6.45) is 0. The van der Waals surface area contributed by atoms with Crippen molar-refractivity contribution < 1.29 is 4.79 Å². The van der Waals surface area contributed by atoms with Crippen molar-refractivity contribution in [1.82, 2.24) is 5.01 Å². The molecule has 0 radical (unpaired) electrons. The van der Waals surface area contributed by atoms with Gasteiger partial charge in [0, 0.05) is 16.1 Å². The normalized spacial score (nSPS) is 17.4. The highest BCUT2D eigenvalue weighted by atomic mass is 79.9. The fraction of sp³-hybridized carbons (Fsp3) is 0.238. The van der Waals surface area contributed by atoms with Crippen LogP contribution in [-0.4, -0.2) is 16.6 Å². The van der Waals surface area contributed by atoms with Gasteiger partial charge < -0.3 is 0 Å². The molecule has 0 N–H and O–H groups in total. The molecule has 0 aliphatic carbocycles. The Labute approximate surface area is 166 Å². The van der Waals surface area contributed by atoms with Crippen molar-refractivity contribution in [3.8, 4) is 12.1 Å². The highest BCUT2D eigenvalue weighted by molar-refractivity contribution is 9.10. The van der Waals surface area contributed by atoms with Crippen LogP contribution in [0.3, 0.4) is 0 Å². The van der Waals surface area contributed by atoms with Gasteiger partial charge in [0.25, 0.3) is 5.91 Å². The van der Waals surface area contributed by atoms with E-state index in [1.807, 2.05) is 66.7 Å². The van der Waals surface area contributed by atoms with E-state index in [-0.39, 0.29) is 5.91 Å². The van der Waals surface area contributed by atoms with Crippen LogP contribution in [0, 0.1) is 34.5 Å². The minimum Gasteiger partial charge on any atom is -0.272 e. The fourth-order valence-electron chi connectivity index (χ4n) is 3.38. The molecule has 2 atom stereocenters. The number of carbonyl (C=O) groups is 1. The van der Waals surface area contributed by atoms with Crippen LogP contribution < -0.4 is 0 Å². The first kappa shape index (κ1) is 18.8. The van der Waals surface area contributed by atoms with Gasteiger partial charge in [0.15, 0.2) is 0 Å². The van der Waals surface area contributed by atoms with E-state index >= 15 is 0 Å². The van der Waals surface area contributed by atoms with Gasteiger partial charge in [-0.2, -0.15) is 15.6 Å². The van der Waals surface area contributed by atoms with E-state index in [1.54, 1.807) is 6.92 Å². The molecule has 0 fully saturated rings. The molecular formula is C21H17BrN4O. The Kier molecular flexibility index (Phi) is 5.69. The van der Waals surface area contributed by atoms with Gasteiger partial charge in [0.1, 0.15) is 5.92 Å².